The second-order valence-corrected chi connectivity index (χ2v) is 7.66. The molecule has 0 radical (unpaired) electrons. The highest BCUT2D eigenvalue weighted by atomic mass is 35.5. The van der Waals surface area contributed by atoms with E-state index in [9.17, 15) is 18.3 Å². The minimum atomic E-state index is -3.52. The molecule has 1 saturated carbocycles. The molecule has 3 atom stereocenters. The molecule has 0 amide bonds. The van der Waals surface area contributed by atoms with E-state index in [0.29, 0.717) is 10.6 Å². The number of aliphatic carboxylic acids is 1. The minimum Gasteiger partial charge on any atom is -0.481 e. The largest absolute Gasteiger partial charge is 0.481 e. The van der Waals surface area contributed by atoms with Gasteiger partial charge in [-0.05, 0) is 17.7 Å². The van der Waals surface area contributed by atoms with Crippen molar-refractivity contribution < 1.29 is 23.1 Å². The molecule has 1 aliphatic rings. The molecule has 0 saturated heterocycles. The van der Waals surface area contributed by atoms with Crippen LogP contribution >= 0.6 is 11.6 Å². The fourth-order valence-electron chi connectivity index (χ4n) is 2.93. The van der Waals surface area contributed by atoms with Gasteiger partial charge in [0.2, 0.25) is 0 Å². The van der Waals surface area contributed by atoms with Crippen LogP contribution in [0.4, 0.5) is 0 Å². The molecule has 0 spiro atoms. The van der Waals surface area contributed by atoms with Crippen LogP contribution in [0.25, 0.3) is 0 Å². The summed E-state index contributed by atoms with van der Waals surface area (Å²) in [6.45, 7) is -0.156. The van der Waals surface area contributed by atoms with E-state index in [1.54, 1.807) is 24.3 Å². The summed E-state index contributed by atoms with van der Waals surface area (Å²) < 4.78 is 28.8. The smallest absolute Gasteiger partial charge is 0.314 e. The lowest BCUT2D eigenvalue weighted by Gasteiger charge is -2.11. The Bertz CT molecular complexity index is 642. The highest BCUT2D eigenvalue weighted by Gasteiger charge is 2.75. The van der Waals surface area contributed by atoms with Crippen LogP contribution in [-0.4, -0.2) is 44.7 Å². The number of halogens is 1. The fraction of sp³-hybridized carbons (Fsp3) is 0.462. The number of hydrogen-bond acceptors (Lipinski definition) is 4. The second kappa shape index (κ2) is 5.02. The highest BCUT2D eigenvalue weighted by molar-refractivity contribution is 7.91. The molecule has 2 rings (SSSR count). The maximum atomic E-state index is 11.9. The predicted octanol–water partition coefficient (Wildman–Crippen LogP) is 1.57. The lowest BCUT2D eigenvalue weighted by atomic mass is 10.00. The maximum absolute atomic E-state index is 11.9. The van der Waals surface area contributed by atoms with Crippen molar-refractivity contribution in [3.63, 3.8) is 0 Å². The van der Waals surface area contributed by atoms with Crippen LogP contribution in [0.5, 0.6) is 0 Å². The number of carboxylic acids is 1. The molecule has 1 aliphatic carbocycles. The molecule has 0 aliphatic heterocycles. The van der Waals surface area contributed by atoms with Gasteiger partial charge in [-0.25, -0.2) is 8.42 Å². The van der Waals surface area contributed by atoms with E-state index >= 15 is 0 Å². The number of hydrogen-bond donors (Lipinski definition) is 1. The Morgan fingerprint density at radius 1 is 1.50 bits per heavy atom. The van der Waals surface area contributed by atoms with Gasteiger partial charge in [0, 0.05) is 24.3 Å². The Balaban J connectivity index is 2.53. The topological polar surface area (TPSA) is 80.7 Å². The van der Waals surface area contributed by atoms with E-state index in [0.717, 1.165) is 6.26 Å². The summed E-state index contributed by atoms with van der Waals surface area (Å²) in [5, 5.41) is 8.94. The van der Waals surface area contributed by atoms with Crippen LogP contribution in [0.1, 0.15) is 11.5 Å². The first kappa shape index (κ1) is 15.3. The van der Waals surface area contributed by atoms with Gasteiger partial charge in [-0.2, -0.15) is 0 Å². The normalized spacial score (nSPS) is 29.1. The van der Waals surface area contributed by atoms with Gasteiger partial charge in [-0.1, -0.05) is 23.7 Å². The van der Waals surface area contributed by atoms with Crippen LogP contribution in [-0.2, 0) is 19.4 Å². The lowest BCUT2D eigenvalue weighted by molar-refractivity contribution is -0.145. The first-order valence-corrected chi connectivity index (χ1v) is 8.25. The van der Waals surface area contributed by atoms with Gasteiger partial charge in [-0.15, -0.1) is 0 Å². The van der Waals surface area contributed by atoms with Crippen molar-refractivity contribution in [2.45, 2.75) is 11.2 Å². The van der Waals surface area contributed by atoms with E-state index in [-0.39, 0.29) is 6.61 Å². The third-order valence-electron chi connectivity index (χ3n) is 3.71. The molecule has 1 aromatic rings. The van der Waals surface area contributed by atoms with E-state index in [1.165, 1.54) is 7.11 Å². The van der Waals surface area contributed by atoms with Gasteiger partial charge in [0.05, 0.1) is 11.9 Å². The van der Waals surface area contributed by atoms with Gasteiger partial charge >= 0.3 is 5.97 Å². The second-order valence-electron chi connectivity index (χ2n) is 5.06. The zero-order valence-corrected chi connectivity index (χ0v) is 12.6. The van der Waals surface area contributed by atoms with Crippen LogP contribution in [0.15, 0.2) is 24.3 Å². The molecule has 0 heterocycles. The summed E-state index contributed by atoms with van der Waals surface area (Å²) in [6.07, 6.45) is 1.05. The summed E-state index contributed by atoms with van der Waals surface area (Å²) >= 11 is 5.90. The number of sulfone groups is 1. The standard InChI is InChI=1S/C13H15ClO5S/c1-19-7-13(12(15)16)10(11(13)20(2,17)18)8-4-3-5-9(14)6-8/h3-6,10-11H,7H2,1-2H3,(H,15,16)/t10-,11-,13-/m0/s1. The van der Waals surface area contributed by atoms with Crippen molar-refractivity contribution in [2.24, 2.45) is 5.41 Å². The summed E-state index contributed by atoms with van der Waals surface area (Å²) in [7, 11) is -2.16. The maximum Gasteiger partial charge on any atom is 0.314 e. The van der Waals surface area contributed by atoms with E-state index in [4.69, 9.17) is 16.3 Å². The number of ether oxygens (including phenoxy) is 1. The zero-order chi connectivity index (χ0) is 15.1. The molecule has 1 N–H and O–H groups in total. The van der Waals surface area contributed by atoms with Crippen LogP contribution in [0.2, 0.25) is 5.02 Å². The number of carboxylic acid groups (broad SMARTS) is 1. The predicted molar refractivity (Wildman–Crippen MR) is 74.8 cm³/mol. The first-order valence-electron chi connectivity index (χ1n) is 5.92. The molecular formula is C13H15ClO5S. The molecule has 20 heavy (non-hydrogen) atoms. The van der Waals surface area contributed by atoms with E-state index < -0.39 is 32.4 Å². The average Bonchev–Trinajstić information content (AvgIpc) is 3.00. The van der Waals surface area contributed by atoms with E-state index in [2.05, 4.69) is 0 Å². The van der Waals surface area contributed by atoms with Crippen molar-refractivity contribution in [3.05, 3.63) is 34.9 Å². The Morgan fingerprint density at radius 2 is 2.15 bits per heavy atom. The average molecular weight is 319 g/mol. The zero-order valence-electron chi connectivity index (χ0n) is 11.0. The molecule has 1 aromatic carbocycles. The molecule has 0 aromatic heterocycles. The van der Waals surface area contributed by atoms with Crippen molar-refractivity contribution >= 4 is 27.4 Å². The monoisotopic (exact) mass is 318 g/mol. The quantitative estimate of drug-likeness (QED) is 0.891. The Morgan fingerprint density at radius 3 is 2.60 bits per heavy atom. The molecule has 7 heteroatoms. The van der Waals surface area contributed by atoms with Crippen molar-refractivity contribution in [1.82, 2.24) is 0 Å². The minimum absolute atomic E-state index is 0.156. The number of benzene rings is 1. The van der Waals surface area contributed by atoms with Gasteiger partial charge < -0.3 is 9.84 Å². The Labute approximate surface area is 122 Å². The molecule has 110 valence electrons. The van der Waals surface area contributed by atoms with Gasteiger partial charge in [0.25, 0.3) is 0 Å². The lowest BCUT2D eigenvalue weighted by Crippen LogP contribution is -2.28. The van der Waals surface area contributed by atoms with Crippen molar-refractivity contribution in [3.8, 4) is 0 Å². The summed E-state index contributed by atoms with van der Waals surface area (Å²) in [5.74, 6) is -1.81. The van der Waals surface area contributed by atoms with Crippen molar-refractivity contribution in [2.75, 3.05) is 20.0 Å². The SMILES string of the molecule is COC[C@]1(C(=O)O)[C@@H](c2cccc(Cl)c2)[C@@H]1S(C)(=O)=O. The number of carbonyl (C=O) groups is 1. The molecule has 1 fully saturated rings. The molecular weight excluding hydrogens is 304 g/mol. The third-order valence-corrected chi connectivity index (χ3v) is 5.56. The molecule has 0 bridgehead atoms. The van der Waals surface area contributed by atoms with Crippen LogP contribution in [0.3, 0.4) is 0 Å². The van der Waals surface area contributed by atoms with Gasteiger partial charge in [0.1, 0.15) is 5.41 Å². The summed E-state index contributed by atoms with van der Waals surface area (Å²) in [6, 6.07) is 6.62. The van der Waals surface area contributed by atoms with Crippen LogP contribution < -0.4 is 0 Å². The molecule has 0 unspecified atom stereocenters. The van der Waals surface area contributed by atoms with Crippen molar-refractivity contribution in [1.29, 1.82) is 0 Å². The molecule has 5 nitrogen and oxygen atoms in total. The number of methoxy groups -OCH3 is 1. The van der Waals surface area contributed by atoms with Crippen LogP contribution in [0, 0.1) is 5.41 Å². The third kappa shape index (κ3) is 2.32. The van der Waals surface area contributed by atoms with Gasteiger partial charge in [-0.3, -0.25) is 4.79 Å². The fourth-order valence-corrected chi connectivity index (χ4v) is 5.03. The summed E-state index contributed by atoms with van der Waals surface area (Å²) in [4.78, 5) is 11.6. The number of rotatable bonds is 5. The Hall–Kier alpha value is -1.11. The van der Waals surface area contributed by atoms with Gasteiger partial charge in [0.15, 0.2) is 9.84 Å². The Kier molecular flexibility index (Phi) is 3.83. The van der Waals surface area contributed by atoms with E-state index in [1.807, 2.05) is 0 Å². The highest BCUT2D eigenvalue weighted by Crippen LogP contribution is 2.63. The first-order chi connectivity index (χ1) is 9.25. The summed E-state index contributed by atoms with van der Waals surface area (Å²) in [5.41, 5.74) is -0.833.